The normalized spacial score (nSPS) is 15.7. The third-order valence-corrected chi connectivity index (χ3v) is 5.55. The summed E-state index contributed by atoms with van der Waals surface area (Å²) in [5, 5.41) is 28.5. The van der Waals surface area contributed by atoms with Crippen molar-refractivity contribution >= 4 is 65.2 Å². The van der Waals surface area contributed by atoms with Crippen LogP contribution in [-0.2, 0) is 9.31 Å². The number of nitrogens with one attached hydrogen (secondary N) is 4. The van der Waals surface area contributed by atoms with E-state index in [9.17, 15) is 0 Å². The van der Waals surface area contributed by atoms with Gasteiger partial charge in [0.05, 0.1) is 60.3 Å². The minimum Gasteiger partial charge on any atom is -0.399 e. The molecule has 12 heteroatoms. The summed E-state index contributed by atoms with van der Waals surface area (Å²) in [5.41, 5.74) is 1.28. The van der Waals surface area contributed by atoms with Crippen LogP contribution in [0.4, 0.5) is 11.4 Å². The number of anilines is 2. The van der Waals surface area contributed by atoms with Gasteiger partial charge in [-0.3, -0.25) is 41.4 Å². The zero-order valence-electron chi connectivity index (χ0n) is 18.3. The van der Waals surface area contributed by atoms with Crippen molar-refractivity contribution in [1.29, 1.82) is 21.6 Å². The largest absolute Gasteiger partial charge is 0.496 e. The van der Waals surface area contributed by atoms with E-state index >= 15 is 0 Å². The lowest BCUT2D eigenvalue weighted by molar-refractivity contribution is 0.00578. The van der Waals surface area contributed by atoms with Gasteiger partial charge in [0.25, 0.3) is 0 Å². The lowest BCUT2D eigenvalue weighted by Crippen LogP contribution is -2.41. The maximum Gasteiger partial charge on any atom is 0.496 e. The second-order valence-electron chi connectivity index (χ2n) is 7.76. The van der Waals surface area contributed by atoms with Crippen molar-refractivity contribution in [2.24, 2.45) is 0 Å². The molecule has 2 aromatic rings. The van der Waals surface area contributed by atoms with Crippen molar-refractivity contribution < 1.29 is 9.31 Å². The maximum absolute atomic E-state index is 7.26. The van der Waals surface area contributed by atoms with Gasteiger partial charge < -0.3 is 9.31 Å². The van der Waals surface area contributed by atoms with E-state index in [4.69, 9.17) is 30.9 Å². The van der Waals surface area contributed by atoms with Crippen LogP contribution in [0, 0.1) is 21.6 Å². The van der Waals surface area contributed by atoms with Gasteiger partial charge in [-0.2, -0.15) is 0 Å². The van der Waals surface area contributed by atoms with Gasteiger partial charge in [-0.25, -0.2) is 0 Å². The molecule has 1 aliphatic rings. The van der Waals surface area contributed by atoms with E-state index in [0.717, 1.165) is 35.3 Å². The zero-order valence-corrected chi connectivity index (χ0v) is 19.9. The van der Waals surface area contributed by atoms with E-state index in [1.807, 2.05) is 33.8 Å². The molecule has 0 bridgehead atoms. The number of hydrogen-bond acceptors (Lipinski definition) is 8. The first-order chi connectivity index (χ1) is 15.1. The van der Waals surface area contributed by atoms with Crippen molar-refractivity contribution in [3.63, 3.8) is 0 Å². The molecule has 1 saturated heterocycles. The van der Waals surface area contributed by atoms with Crippen LogP contribution in [-0.4, -0.2) is 53.6 Å². The van der Waals surface area contributed by atoms with Gasteiger partial charge in [0.1, 0.15) is 0 Å². The van der Waals surface area contributed by atoms with E-state index < -0.39 is 18.3 Å². The molecule has 32 heavy (non-hydrogen) atoms. The van der Waals surface area contributed by atoms with Gasteiger partial charge in [-0.05, 0) is 55.8 Å². The molecule has 0 atom stereocenters. The second kappa shape index (κ2) is 10.6. The fraction of sp³-hybridized carbons (Fsp3) is 0.300. The molecule has 0 spiro atoms. The number of aromatic nitrogens is 2. The molecule has 0 saturated carbocycles. The molecule has 10 nitrogen and oxygen atoms in total. The number of pyridine rings is 2. The number of hydrogen-bond donors (Lipinski definition) is 4. The van der Waals surface area contributed by atoms with E-state index in [-0.39, 0.29) is 0 Å². The van der Waals surface area contributed by atoms with Crippen LogP contribution in [0.2, 0.25) is 0 Å². The fourth-order valence-corrected chi connectivity index (χ4v) is 2.96. The summed E-state index contributed by atoms with van der Waals surface area (Å²) in [6, 6.07) is 3.59. The summed E-state index contributed by atoms with van der Waals surface area (Å²) in [6.07, 6.45) is 10.7. The Bertz CT molecular complexity index is 956. The molecule has 0 radical (unpaired) electrons. The van der Waals surface area contributed by atoms with Crippen molar-refractivity contribution in [2.45, 2.75) is 38.9 Å². The van der Waals surface area contributed by atoms with Crippen molar-refractivity contribution in [3.8, 4) is 0 Å². The molecule has 4 N–H and O–H groups in total. The standard InChI is InChI=1S/C13H19BN4O2.C7H7BrN4/c1-12(2)13(3,4)20-14(19-12)10-5-11(7-17-6-10)18(8-15)9-16;8-6-1-7(3-11-2-6)12(4-9)5-10/h5-9,15-16H,1-4H3;1-5,9-10H. The number of halogens is 1. The first-order valence-corrected chi connectivity index (χ1v) is 10.4. The highest BCUT2D eigenvalue weighted by Crippen LogP contribution is 2.36. The van der Waals surface area contributed by atoms with Gasteiger partial charge in [0, 0.05) is 22.3 Å². The van der Waals surface area contributed by atoms with Crippen LogP contribution in [0.15, 0.2) is 41.4 Å². The Balaban J connectivity index is 0.000000258. The molecule has 2 aromatic heterocycles. The highest BCUT2D eigenvalue weighted by atomic mass is 79.9. The molecule has 1 aliphatic heterocycles. The van der Waals surface area contributed by atoms with Crippen LogP contribution in [0.3, 0.4) is 0 Å². The smallest absolute Gasteiger partial charge is 0.399 e. The highest BCUT2D eigenvalue weighted by molar-refractivity contribution is 9.10. The summed E-state index contributed by atoms with van der Waals surface area (Å²) in [7, 11) is -0.495. The van der Waals surface area contributed by atoms with Crippen LogP contribution < -0.4 is 15.3 Å². The van der Waals surface area contributed by atoms with Crippen LogP contribution >= 0.6 is 15.9 Å². The third kappa shape index (κ3) is 5.84. The Morgan fingerprint density at radius 1 is 0.781 bits per heavy atom. The summed E-state index contributed by atoms with van der Waals surface area (Å²) in [4.78, 5) is 10.7. The van der Waals surface area contributed by atoms with Gasteiger partial charge in [-0.15, -0.1) is 0 Å². The van der Waals surface area contributed by atoms with Crippen molar-refractivity contribution in [1.82, 2.24) is 9.97 Å². The van der Waals surface area contributed by atoms with E-state index in [2.05, 4.69) is 25.9 Å². The molecule has 0 aromatic carbocycles. The molecule has 0 unspecified atom stereocenters. The highest BCUT2D eigenvalue weighted by Gasteiger charge is 2.51. The molecule has 168 valence electrons. The van der Waals surface area contributed by atoms with E-state index in [1.54, 1.807) is 30.9 Å². The summed E-state index contributed by atoms with van der Waals surface area (Å²) in [6.45, 7) is 7.97. The Morgan fingerprint density at radius 2 is 1.22 bits per heavy atom. The summed E-state index contributed by atoms with van der Waals surface area (Å²) in [5.74, 6) is 0. The van der Waals surface area contributed by atoms with Crippen molar-refractivity contribution in [2.75, 3.05) is 9.80 Å². The lowest BCUT2D eigenvalue weighted by atomic mass is 9.80. The zero-order chi connectivity index (χ0) is 23.9. The van der Waals surface area contributed by atoms with Gasteiger partial charge in [-0.1, -0.05) is 0 Å². The second-order valence-corrected chi connectivity index (χ2v) is 8.67. The summed E-state index contributed by atoms with van der Waals surface area (Å²) < 4.78 is 12.7. The molecule has 0 amide bonds. The molecular weight excluding hydrogens is 475 g/mol. The quantitative estimate of drug-likeness (QED) is 0.260. The Hall–Kier alpha value is -2.96. The average Bonchev–Trinajstić information content (AvgIpc) is 2.98. The third-order valence-electron chi connectivity index (χ3n) is 5.11. The van der Waals surface area contributed by atoms with Crippen molar-refractivity contribution in [3.05, 3.63) is 41.4 Å². The molecular formula is C20H26BBrN8O2. The minimum absolute atomic E-state index is 0.406. The monoisotopic (exact) mass is 500 g/mol. The first-order valence-electron chi connectivity index (χ1n) is 9.58. The van der Waals surface area contributed by atoms with Crippen LogP contribution in [0.5, 0.6) is 0 Å². The number of rotatable bonds is 7. The summed E-state index contributed by atoms with van der Waals surface area (Å²) >= 11 is 3.25. The maximum atomic E-state index is 7.26. The first kappa shape index (κ1) is 25.3. The Labute approximate surface area is 196 Å². The average molecular weight is 501 g/mol. The Morgan fingerprint density at radius 3 is 1.66 bits per heavy atom. The SMILES string of the molecule is CC1(C)OB(c2cncc(N(C=N)C=N)c2)OC1(C)C.N=CN(C=N)c1cncc(Br)c1. The van der Waals surface area contributed by atoms with E-state index in [0.29, 0.717) is 11.4 Å². The minimum atomic E-state index is -0.495. The van der Waals surface area contributed by atoms with E-state index in [1.165, 1.54) is 9.80 Å². The predicted octanol–water partition coefficient (Wildman–Crippen LogP) is 3.27. The van der Waals surface area contributed by atoms with Gasteiger partial charge in [0.2, 0.25) is 0 Å². The topological polar surface area (TPSA) is 146 Å². The lowest BCUT2D eigenvalue weighted by Gasteiger charge is -2.32. The molecule has 3 heterocycles. The van der Waals surface area contributed by atoms with Gasteiger partial charge in [0.15, 0.2) is 0 Å². The predicted molar refractivity (Wildman–Crippen MR) is 132 cm³/mol. The molecule has 0 aliphatic carbocycles. The van der Waals surface area contributed by atoms with Gasteiger partial charge >= 0.3 is 7.12 Å². The molecule has 3 rings (SSSR count). The van der Waals surface area contributed by atoms with Crippen LogP contribution in [0.25, 0.3) is 0 Å². The fourth-order valence-electron chi connectivity index (χ4n) is 2.61. The molecule has 1 fully saturated rings. The Kier molecular flexibility index (Phi) is 8.36. The van der Waals surface area contributed by atoms with Crippen LogP contribution in [0.1, 0.15) is 27.7 Å². The number of nitrogens with zero attached hydrogens (tertiary/aromatic N) is 4.